The van der Waals surface area contributed by atoms with Crippen molar-refractivity contribution in [3.8, 4) is 0 Å². The van der Waals surface area contributed by atoms with Crippen LogP contribution in [0, 0.1) is 5.92 Å². The minimum atomic E-state index is -0.942. The van der Waals surface area contributed by atoms with Gasteiger partial charge in [-0.25, -0.2) is 4.79 Å². The summed E-state index contributed by atoms with van der Waals surface area (Å²) in [7, 11) is 1.48. The van der Waals surface area contributed by atoms with Crippen molar-refractivity contribution < 1.29 is 52.8 Å². The van der Waals surface area contributed by atoms with Crippen molar-refractivity contribution in [1.82, 2.24) is 25.8 Å². The highest BCUT2D eigenvalue weighted by molar-refractivity contribution is 5.94. The summed E-state index contributed by atoms with van der Waals surface area (Å²) in [5, 5.41) is 17.9. The van der Waals surface area contributed by atoms with Crippen LogP contribution in [-0.4, -0.2) is 134 Å². The molecule has 0 aromatic heterocycles. The number of carboxylic acids is 1. The summed E-state index contributed by atoms with van der Waals surface area (Å²) in [4.78, 5) is 82.0. The highest BCUT2D eigenvalue weighted by Crippen LogP contribution is 2.32. The van der Waals surface area contributed by atoms with Crippen molar-refractivity contribution in [1.29, 1.82) is 0 Å². The first-order valence-electron chi connectivity index (χ1n) is 20.8. The molecule has 1 heterocycles. The third-order valence-electron chi connectivity index (χ3n) is 10.9. The number of aryl methyl sites for hydroxylation is 1. The number of nitrogens with zero attached hydrogens (tertiary/aromatic N) is 2. The SMILES string of the molecule is C[C@@H](C(=O)N[C@H](C(=O)N1C[C@@H](NC(=O)CCOCCOCCOCCC(=O)O)C[C@H]1C(=O)N[C@@H]1CCCc2ccccc21)C1CCCCC1)N(C)C(=O)OC(C)(C)C. The van der Waals surface area contributed by atoms with Gasteiger partial charge in [-0.1, -0.05) is 43.5 Å². The molecule has 1 saturated heterocycles. The quantitative estimate of drug-likeness (QED) is 0.140. The Kier molecular flexibility index (Phi) is 18.2. The minimum absolute atomic E-state index is 0.0578. The molecule has 16 nitrogen and oxygen atoms in total. The van der Waals surface area contributed by atoms with Crippen molar-refractivity contribution in [2.45, 2.75) is 134 Å². The number of hydrogen-bond acceptors (Lipinski definition) is 10. The Morgan fingerprint density at radius 3 is 2.16 bits per heavy atom. The number of carboxylic acid groups (broad SMARTS) is 1. The fourth-order valence-corrected chi connectivity index (χ4v) is 7.74. The maximum Gasteiger partial charge on any atom is 0.410 e. The van der Waals surface area contributed by atoms with Crippen LogP contribution in [0.5, 0.6) is 0 Å². The zero-order valence-electron chi connectivity index (χ0n) is 34.9. The molecule has 5 amide bonds. The molecule has 0 radical (unpaired) electrons. The lowest BCUT2D eigenvalue weighted by atomic mass is 9.83. The number of rotatable bonds is 20. The van der Waals surface area contributed by atoms with Crippen LogP contribution in [0.4, 0.5) is 4.79 Å². The van der Waals surface area contributed by atoms with Crippen LogP contribution in [0.25, 0.3) is 0 Å². The Hall–Kier alpha value is -4.28. The van der Waals surface area contributed by atoms with Gasteiger partial charge in [-0.3, -0.25) is 28.9 Å². The van der Waals surface area contributed by atoms with Crippen molar-refractivity contribution in [2.24, 2.45) is 5.92 Å². The van der Waals surface area contributed by atoms with Gasteiger partial charge in [0, 0.05) is 26.1 Å². The largest absolute Gasteiger partial charge is 0.481 e. The third kappa shape index (κ3) is 14.5. The third-order valence-corrected chi connectivity index (χ3v) is 10.9. The molecule has 1 aliphatic heterocycles. The van der Waals surface area contributed by atoms with Crippen LogP contribution in [0.15, 0.2) is 24.3 Å². The standard InChI is InChI=1S/C42H65N5O11/c1-28(46(5)41(54)58-42(2,3)4)38(51)45-37(30-13-7-6-8-14-30)40(53)47-27-31(43-35(48)18-20-55-22-24-57-25-23-56-21-19-36(49)50)26-34(47)39(52)44-33-17-11-15-29-12-9-10-16-32(29)33/h9-10,12,16,28,30-31,33-34,37H,6-8,11,13-15,17-27H2,1-5H3,(H,43,48)(H,44,52)(H,45,51)(H,49,50)/t28-,31-,33+,34-,37-/m0/s1. The van der Waals surface area contributed by atoms with Gasteiger partial charge in [0.2, 0.25) is 23.6 Å². The first-order valence-corrected chi connectivity index (χ1v) is 20.8. The van der Waals surface area contributed by atoms with Crippen molar-refractivity contribution in [2.75, 3.05) is 53.2 Å². The molecule has 4 N–H and O–H groups in total. The van der Waals surface area contributed by atoms with Crippen LogP contribution < -0.4 is 16.0 Å². The van der Waals surface area contributed by atoms with Gasteiger partial charge in [-0.15, -0.1) is 0 Å². The number of ether oxygens (including phenoxy) is 4. The lowest BCUT2D eigenvalue weighted by Crippen LogP contribution is -2.59. The molecule has 2 aliphatic carbocycles. The number of carbonyl (C=O) groups is 6. The molecular weight excluding hydrogens is 750 g/mol. The van der Waals surface area contributed by atoms with E-state index in [0.29, 0.717) is 0 Å². The van der Waals surface area contributed by atoms with Gasteiger partial charge in [-0.2, -0.15) is 0 Å². The van der Waals surface area contributed by atoms with Gasteiger partial charge in [0.05, 0.1) is 52.1 Å². The monoisotopic (exact) mass is 815 g/mol. The number of carbonyl (C=O) groups excluding carboxylic acids is 5. The number of fused-ring (bicyclic) bond motifs is 1. The van der Waals surface area contributed by atoms with Crippen molar-refractivity contribution in [3.05, 3.63) is 35.4 Å². The van der Waals surface area contributed by atoms with Crippen LogP contribution >= 0.6 is 0 Å². The van der Waals surface area contributed by atoms with Gasteiger partial charge in [-0.05, 0) is 83.3 Å². The average Bonchev–Trinajstić information content (AvgIpc) is 3.61. The Balaban J connectivity index is 1.42. The molecule has 4 rings (SSSR count). The maximum atomic E-state index is 14.8. The summed E-state index contributed by atoms with van der Waals surface area (Å²) in [6.07, 6.45) is 6.40. The maximum absolute atomic E-state index is 14.8. The Morgan fingerprint density at radius 2 is 1.50 bits per heavy atom. The van der Waals surface area contributed by atoms with Crippen molar-refractivity contribution in [3.63, 3.8) is 0 Å². The van der Waals surface area contributed by atoms with E-state index in [1.807, 2.05) is 18.2 Å². The highest BCUT2D eigenvalue weighted by Gasteiger charge is 2.45. The van der Waals surface area contributed by atoms with Crippen LogP contribution in [0.3, 0.4) is 0 Å². The minimum Gasteiger partial charge on any atom is -0.481 e. The number of hydrogen-bond donors (Lipinski definition) is 4. The summed E-state index contributed by atoms with van der Waals surface area (Å²) in [6, 6.07) is 4.54. The van der Waals surface area contributed by atoms with Gasteiger partial charge in [0.15, 0.2) is 0 Å². The molecule has 324 valence electrons. The number of likely N-dealkylation sites (N-methyl/N-ethyl adjacent to an activating group) is 1. The van der Waals surface area contributed by atoms with Gasteiger partial charge in [0.1, 0.15) is 23.7 Å². The van der Waals surface area contributed by atoms with Crippen LogP contribution in [0.2, 0.25) is 0 Å². The number of likely N-dealkylation sites (tertiary alicyclic amines) is 1. The Labute approximate surface area is 342 Å². The fourth-order valence-electron chi connectivity index (χ4n) is 7.74. The van der Waals surface area contributed by atoms with Gasteiger partial charge >= 0.3 is 12.1 Å². The van der Waals surface area contributed by atoms with E-state index < -0.39 is 47.7 Å². The second-order valence-corrected chi connectivity index (χ2v) is 16.5. The molecule has 1 aromatic carbocycles. The molecule has 0 unspecified atom stereocenters. The predicted octanol–water partition coefficient (Wildman–Crippen LogP) is 3.50. The number of aliphatic carboxylic acids is 1. The normalized spacial score (nSPS) is 20.6. The summed E-state index contributed by atoms with van der Waals surface area (Å²) in [5.74, 6) is -2.58. The van der Waals surface area contributed by atoms with E-state index in [0.717, 1.165) is 56.9 Å². The van der Waals surface area contributed by atoms with Gasteiger partial charge < -0.3 is 44.9 Å². The molecule has 1 saturated carbocycles. The molecule has 2 fully saturated rings. The molecular formula is C42H65N5O11. The first kappa shape index (κ1) is 46.4. The van der Waals surface area contributed by atoms with Crippen LogP contribution in [0.1, 0.15) is 109 Å². The Morgan fingerprint density at radius 1 is 0.862 bits per heavy atom. The second kappa shape index (κ2) is 22.8. The van der Waals surface area contributed by atoms with E-state index in [4.69, 9.17) is 24.1 Å². The van der Waals surface area contributed by atoms with Crippen LogP contribution in [-0.2, 0) is 49.3 Å². The molecule has 1 aromatic rings. The predicted molar refractivity (Wildman–Crippen MR) is 214 cm³/mol. The van der Waals surface area contributed by atoms with E-state index in [2.05, 4.69) is 22.0 Å². The van der Waals surface area contributed by atoms with E-state index in [9.17, 15) is 28.8 Å². The van der Waals surface area contributed by atoms with Crippen molar-refractivity contribution >= 4 is 35.7 Å². The molecule has 0 spiro atoms. The molecule has 16 heteroatoms. The molecule has 3 aliphatic rings. The fraction of sp³-hybridized carbons (Fsp3) is 0.714. The lowest BCUT2D eigenvalue weighted by Gasteiger charge is -2.36. The average molecular weight is 816 g/mol. The Bertz CT molecular complexity index is 1550. The zero-order valence-corrected chi connectivity index (χ0v) is 34.9. The van der Waals surface area contributed by atoms with E-state index >= 15 is 0 Å². The zero-order chi connectivity index (χ0) is 42.2. The topological polar surface area (TPSA) is 202 Å². The van der Waals surface area contributed by atoms with E-state index in [-0.39, 0.29) is 95.1 Å². The van der Waals surface area contributed by atoms with Gasteiger partial charge in [0.25, 0.3) is 0 Å². The lowest BCUT2D eigenvalue weighted by molar-refractivity contribution is -0.143. The summed E-state index contributed by atoms with van der Waals surface area (Å²) >= 11 is 0. The summed E-state index contributed by atoms with van der Waals surface area (Å²) in [5.41, 5.74) is 1.49. The van der Waals surface area contributed by atoms with E-state index in [1.54, 1.807) is 27.7 Å². The second-order valence-electron chi connectivity index (χ2n) is 16.5. The number of amides is 5. The molecule has 58 heavy (non-hydrogen) atoms. The highest BCUT2D eigenvalue weighted by atomic mass is 16.6. The smallest absolute Gasteiger partial charge is 0.410 e. The summed E-state index contributed by atoms with van der Waals surface area (Å²) in [6.45, 7) is 8.23. The first-order chi connectivity index (χ1) is 27.6. The number of benzene rings is 1. The molecule has 0 bridgehead atoms. The summed E-state index contributed by atoms with van der Waals surface area (Å²) < 4.78 is 21.6. The molecule has 5 atom stereocenters. The number of nitrogens with one attached hydrogen (secondary N) is 3. The van der Waals surface area contributed by atoms with E-state index in [1.165, 1.54) is 22.4 Å².